The fourth-order valence-corrected chi connectivity index (χ4v) is 5.71. The molecule has 32 heavy (non-hydrogen) atoms. The SMILES string of the molecule is CCc1ccc(C2c3[nH]c4ccccc4c3CCN2c2ncc(-c3cccnc3)cn2)s1. The van der Waals surface area contributed by atoms with Crippen molar-refractivity contribution in [3.8, 4) is 11.1 Å². The molecule has 1 aromatic carbocycles. The molecule has 1 N–H and O–H groups in total. The van der Waals surface area contributed by atoms with Gasteiger partial charge >= 0.3 is 0 Å². The van der Waals surface area contributed by atoms with Crippen molar-refractivity contribution < 1.29 is 0 Å². The molecule has 0 fully saturated rings. The number of thiophene rings is 1. The lowest BCUT2D eigenvalue weighted by molar-refractivity contribution is 0.634. The van der Waals surface area contributed by atoms with Gasteiger partial charge in [0, 0.05) is 68.8 Å². The van der Waals surface area contributed by atoms with Crippen LogP contribution in [0.3, 0.4) is 0 Å². The molecular weight excluding hydrogens is 414 g/mol. The van der Waals surface area contributed by atoms with Crippen LogP contribution in [0.15, 0.2) is 73.3 Å². The van der Waals surface area contributed by atoms with Crippen molar-refractivity contribution in [1.29, 1.82) is 0 Å². The average Bonchev–Trinajstić information content (AvgIpc) is 3.49. The number of para-hydroxylation sites is 1. The van der Waals surface area contributed by atoms with Gasteiger partial charge in [0.05, 0.1) is 0 Å². The number of rotatable bonds is 4. The van der Waals surface area contributed by atoms with Crippen molar-refractivity contribution in [2.24, 2.45) is 0 Å². The first-order chi connectivity index (χ1) is 15.8. The van der Waals surface area contributed by atoms with Gasteiger partial charge in [-0.15, -0.1) is 11.3 Å². The van der Waals surface area contributed by atoms with Crippen LogP contribution in [0.5, 0.6) is 0 Å². The van der Waals surface area contributed by atoms with Gasteiger partial charge in [-0.3, -0.25) is 4.98 Å². The highest BCUT2D eigenvalue weighted by atomic mass is 32.1. The predicted molar refractivity (Wildman–Crippen MR) is 130 cm³/mol. The van der Waals surface area contributed by atoms with E-state index in [0.29, 0.717) is 0 Å². The summed E-state index contributed by atoms with van der Waals surface area (Å²) in [5.41, 5.74) is 5.88. The van der Waals surface area contributed by atoms with Crippen LogP contribution >= 0.6 is 11.3 Å². The number of H-pyrrole nitrogens is 1. The summed E-state index contributed by atoms with van der Waals surface area (Å²) in [5.74, 6) is 0.762. The van der Waals surface area contributed by atoms with Crippen LogP contribution in [-0.4, -0.2) is 26.5 Å². The highest BCUT2D eigenvalue weighted by Crippen LogP contribution is 2.42. The lowest BCUT2D eigenvalue weighted by Crippen LogP contribution is -2.36. The minimum absolute atomic E-state index is 0.0840. The topological polar surface area (TPSA) is 57.7 Å². The fourth-order valence-electron chi connectivity index (χ4n) is 4.64. The highest BCUT2D eigenvalue weighted by molar-refractivity contribution is 7.12. The monoisotopic (exact) mass is 437 g/mol. The molecule has 6 heteroatoms. The lowest BCUT2D eigenvalue weighted by Gasteiger charge is -2.35. The Labute approximate surface area is 190 Å². The van der Waals surface area contributed by atoms with Crippen molar-refractivity contribution in [2.45, 2.75) is 25.8 Å². The van der Waals surface area contributed by atoms with Crippen LogP contribution in [-0.2, 0) is 12.8 Å². The zero-order valence-electron chi connectivity index (χ0n) is 17.8. The molecule has 0 bridgehead atoms. The second kappa shape index (κ2) is 7.88. The molecule has 5 nitrogen and oxygen atoms in total. The third-order valence-electron chi connectivity index (χ3n) is 6.22. The molecular formula is C26H23N5S. The summed E-state index contributed by atoms with van der Waals surface area (Å²) >= 11 is 1.89. The highest BCUT2D eigenvalue weighted by Gasteiger charge is 2.34. The minimum atomic E-state index is 0.0840. The van der Waals surface area contributed by atoms with Crippen LogP contribution in [0.25, 0.3) is 22.0 Å². The summed E-state index contributed by atoms with van der Waals surface area (Å²) in [6.45, 7) is 3.09. The normalized spacial score (nSPS) is 15.8. The summed E-state index contributed by atoms with van der Waals surface area (Å²) in [6.07, 6.45) is 9.45. The summed E-state index contributed by atoms with van der Waals surface area (Å²) in [7, 11) is 0. The zero-order chi connectivity index (χ0) is 21.5. The molecule has 158 valence electrons. The van der Waals surface area contributed by atoms with Crippen LogP contribution in [0.1, 0.15) is 34.0 Å². The molecule has 4 aromatic heterocycles. The van der Waals surface area contributed by atoms with Crippen LogP contribution in [0, 0.1) is 0 Å². The number of hydrogen-bond acceptors (Lipinski definition) is 5. The minimum Gasteiger partial charge on any atom is -0.356 e. The molecule has 0 saturated heterocycles. The molecule has 1 atom stereocenters. The first-order valence-electron chi connectivity index (χ1n) is 11.0. The van der Waals surface area contributed by atoms with E-state index in [1.165, 1.54) is 31.9 Å². The Balaban J connectivity index is 1.45. The Morgan fingerprint density at radius 1 is 1.00 bits per heavy atom. The van der Waals surface area contributed by atoms with E-state index >= 15 is 0 Å². The van der Waals surface area contributed by atoms with E-state index in [2.05, 4.69) is 58.2 Å². The number of benzene rings is 1. The number of nitrogens with one attached hydrogen (secondary N) is 1. The van der Waals surface area contributed by atoms with E-state index in [1.54, 1.807) is 6.20 Å². The van der Waals surface area contributed by atoms with Gasteiger partial charge in [-0.2, -0.15) is 0 Å². The Hall–Kier alpha value is -3.51. The van der Waals surface area contributed by atoms with Crippen LogP contribution < -0.4 is 4.90 Å². The van der Waals surface area contributed by atoms with Crippen molar-refractivity contribution in [3.63, 3.8) is 0 Å². The first-order valence-corrected chi connectivity index (χ1v) is 11.8. The van der Waals surface area contributed by atoms with Gasteiger partial charge in [0.25, 0.3) is 0 Å². The van der Waals surface area contributed by atoms with Crippen LogP contribution in [0.4, 0.5) is 5.95 Å². The van der Waals surface area contributed by atoms with Gasteiger partial charge in [-0.1, -0.05) is 31.2 Å². The van der Waals surface area contributed by atoms with E-state index < -0.39 is 0 Å². The molecule has 1 aliphatic heterocycles. The lowest BCUT2D eigenvalue weighted by atomic mass is 9.96. The largest absolute Gasteiger partial charge is 0.356 e. The summed E-state index contributed by atoms with van der Waals surface area (Å²) in [4.78, 5) is 22.6. The predicted octanol–water partition coefficient (Wildman–Crippen LogP) is 5.80. The molecule has 0 radical (unpaired) electrons. The molecule has 0 spiro atoms. The van der Waals surface area contributed by atoms with E-state index in [0.717, 1.165) is 36.5 Å². The number of hydrogen-bond donors (Lipinski definition) is 1. The standard InChI is InChI=1S/C26H23N5S/c1-2-19-9-10-23(32-19)25-24-21(20-7-3-4-8-22(20)30-24)11-13-31(25)26-28-15-18(16-29-26)17-6-5-12-27-14-17/h3-10,12,14-16,25,30H,2,11,13H2,1H3. The van der Waals surface area contributed by atoms with Crippen molar-refractivity contribution in [3.05, 3.63) is 94.3 Å². The quantitative estimate of drug-likeness (QED) is 0.386. The number of aromatic amines is 1. The Bertz CT molecular complexity index is 1370. The van der Waals surface area contributed by atoms with Gasteiger partial charge in [0.15, 0.2) is 0 Å². The molecule has 1 aliphatic rings. The number of nitrogens with zero attached hydrogens (tertiary/aromatic N) is 4. The Kier molecular flexibility index (Phi) is 4.72. The molecule has 0 aliphatic carbocycles. The molecule has 6 rings (SSSR count). The number of aromatic nitrogens is 4. The maximum Gasteiger partial charge on any atom is 0.226 e. The summed E-state index contributed by atoms with van der Waals surface area (Å²) < 4.78 is 0. The van der Waals surface area contributed by atoms with Gasteiger partial charge in [-0.25, -0.2) is 9.97 Å². The second-order valence-corrected chi connectivity index (χ2v) is 9.28. The Morgan fingerprint density at radius 3 is 2.66 bits per heavy atom. The molecule has 5 aromatic rings. The van der Waals surface area contributed by atoms with E-state index in [4.69, 9.17) is 9.97 Å². The van der Waals surface area contributed by atoms with E-state index in [-0.39, 0.29) is 6.04 Å². The maximum absolute atomic E-state index is 4.79. The molecule has 0 amide bonds. The van der Waals surface area contributed by atoms with Crippen molar-refractivity contribution in [2.75, 3.05) is 11.4 Å². The number of pyridine rings is 1. The first kappa shape index (κ1) is 19.2. The molecule has 1 unspecified atom stereocenters. The number of anilines is 1. The smallest absolute Gasteiger partial charge is 0.226 e. The Morgan fingerprint density at radius 2 is 1.88 bits per heavy atom. The molecule has 0 saturated carbocycles. The fraction of sp³-hybridized carbons (Fsp3) is 0.192. The van der Waals surface area contributed by atoms with E-state index in [9.17, 15) is 0 Å². The zero-order valence-corrected chi connectivity index (χ0v) is 18.6. The van der Waals surface area contributed by atoms with Gasteiger partial charge in [0.1, 0.15) is 6.04 Å². The third kappa shape index (κ3) is 3.19. The molecule has 5 heterocycles. The maximum atomic E-state index is 4.79. The third-order valence-corrected chi connectivity index (χ3v) is 7.51. The summed E-state index contributed by atoms with van der Waals surface area (Å²) in [6, 6.07) is 17.2. The van der Waals surface area contributed by atoms with Gasteiger partial charge < -0.3 is 9.88 Å². The van der Waals surface area contributed by atoms with Crippen molar-refractivity contribution >= 4 is 28.2 Å². The second-order valence-electron chi connectivity index (χ2n) is 8.08. The van der Waals surface area contributed by atoms with Crippen molar-refractivity contribution in [1.82, 2.24) is 19.9 Å². The van der Waals surface area contributed by atoms with Gasteiger partial charge in [-0.05, 0) is 42.7 Å². The number of aryl methyl sites for hydroxylation is 1. The van der Waals surface area contributed by atoms with Gasteiger partial charge in [0.2, 0.25) is 5.95 Å². The van der Waals surface area contributed by atoms with Crippen LogP contribution in [0.2, 0.25) is 0 Å². The van der Waals surface area contributed by atoms with E-state index in [1.807, 2.05) is 42.1 Å². The average molecular weight is 438 g/mol. The summed E-state index contributed by atoms with van der Waals surface area (Å²) in [5, 5.41) is 1.33. The number of fused-ring (bicyclic) bond motifs is 3.